The van der Waals surface area contributed by atoms with Crippen LogP contribution in [-0.4, -0.2) is 11.5 Å². The van der Waals surface area contributed by atoms with Crippen molar-refractivity contribution in [2.45, 2.75) is 19.6 Å². The van der Waals surface area contributed by atoms with E-state index in [4.69, 9.17) is 11.6 Å². The van der Waals surface area contributed by atoms with Gasteiger partial charge in [0.2, 0.25) is 0 Å². The largest absolute Gasteiger partial charge is 0.443 e. The number of benzene rings is 1. The van der Waals surface area contributed by atoms with Gasteiger partial charge in [0.25, 0.3) is 0 Å². The lowest BCUT2D eigenvalue weighted by Gasteiger charge is -2.09. The lowest BCUT2D eigenvalue weighted by molar-refractivity contribution is -0.137. The number of nitrogens with zero attached hydrogens (tertiary/aromatic N) is 1. The molecule has 7 heteroatoms. The van der Waals surface area contributed by atoms with Crippen LogP contribution in [0.4, 0.5) is 13.2 Å². The molecule has 0 radical (unpaired) electrons. The Morgan fingerprint density at radius 2 is 2.10 bits per heavy atom. The fourth-order valence-corrected chi connectivity index (χ4v) is 2.73. The first-order valence-corrected chi connectivity index (χ1v) is 7.13. The topological polar surface area (TPSA) is 24.9 Å². The quantitative estimate of drug-likeness (QED) is 0.891. The molecule has 2 aromatic rings. The summed E-state index contributed by atoms with van der Waals surface area (Å²) >= 11 is 6.57. The van der Waals surface area contributed by atoms with E-state index in [0.29, 0.717) is 33.3 Å². The number of hydrogen-bond donors (Lipinski definition) is 1. The summed E-state index contributed by atoms with van der Waals surface area (Å²) in [6.07, 6.45) is -3.17. The zero-order valence-electron chi connectivity index (χ0n) is 10.6. The summed E-state index contributed by atoms with van der Waals surface area (Å²) in [5.41, 5.74) is 1.58. The monoisotopic (exact) mass is 320 g/mol. The molecule has 0 aliphatic carbocycles. The molecule has 0 amide bonds. The molecule has 1 aromatic heterocycles. The Morgan fingerprint density at radius 3 is 2.70 bits per heavy atom. The molecule has 0 aliphatic rings. The number of halogens is 4. The molecule has 2 rings (SSSR count). The highest BCUT2D eigenvalue weighted by atomic mass is 35.5. The summed E-state index contributed by atoms with van der Waals surface area (Å²) < 4.78 is 37.8. The van der Waals surface area contributed by atoms with Crippen LogP contribution in [0.15, 0.2) is 24.4 Å². The summed E-state index contributed by atoms with van der Waals surface area (Å²) in [5.74, 6) is 0. The van der Waals surface area contributed by atoms with Crippen LogP contribution < -0.4 is 5.32 Å². The van der Waals surface area contributed by atoms with Crippen LogP contribution in [0.2, 0.25) is 5.02 Å². The van der Waals surface area contributed by atoms with Crippen molar-refractivity contribution in [2.24, 2.45) is 0 Å². The van der Waals surface area contributed by atoms with Crippen LogP contribution in [0.3, 0.4) is 0 Å². The van der Waals surface area contributed by atoms with E-state index in [1.807, 2.05) is 13.0 Å². The normalized spacial score (nSPS) is 11.8. The minimum atomic E-state index is -4.41. The second kappa shape index (κ2) is 6.11. The Morgan fingerprint density at radius 1 is 1.35 bits per heavy atom. The van der Waals surface area contributed by atoms with Crippen LogP contribution >= 0.6 is 22.9 Å². The third kappa shape index (κ3) is 3.50. The van der Waals surface area contributed by atoms with Gasteiger partial charge in [-0.3, -0.25) is 0 Å². The van der Waals surface area contributed by atoms with Gasteiger partial charge in [0.1, 0.15) is 0 Å². The molecular weight excluding hydrogens is 309 g/mol. The molecule has 108 valence electrons. The smallest absolute Gasteiger partial charge is 0.313 e. The summed E-state index contributed by atoms with van der Waals surface area (Å²) in [4.78, 5) is 3.91. The third-order valence-electron chi connectivity index (χ3n) is 2.65. The summed E-state index contributed by atoms with van der Waals surface area (Å²) in [7, 11) is 0. The standard InChI is InChI=1S/C13H12ClF3N2S/c1-2-18-6-8-3-4-9(14)5-10(8)11-7-19-12(20-11)13(15,16)17/h3-5,7,18H,2,6H2,1H3. The first-order chi connectivity index (χ1) is 9.41. The maximum absolute atomic E-state index is 12.6. The molecule has 0 atom stereocenters. The van der Waals surface area contributed by atoms with Gasteiger partial charge in [0, 0.05) is 17.8 Å². The predicted molar refractivity (Wildman–Crippen MR) is 74.9 cm³/mol. The Balaban J connectivity index is 2.40. The predicted octanol–water partition coefficient (Wildman–Crippen LogP) is 4.59. The summed E-state index contributed by atoms with van der Waals surface area (Å²) in [5, 5.41) is 2.79. The van der Waals surface area contributed by atoms with Crippen molar-refractivity contribution < 1.29 is 13.2 Å². The SMILES string of the molecule is CCNCc1ccc(Cl)cc1-c1cnc(C(F)(F)F)s1. The molecule has 0 fully saturated rings. The van der Waals surface area contributed by atoms with Crippen LogP contribution in [0, 0.1) is 0 Å². The number of rotatable bonds is 4. The highest BCUT2D eigenvalue weighted by Gasteiger charge is 2.34. The summed E-state index contributed by atoms with van der Waals surface area (Å²) in [6.45, 7) is 3.31. The molecule has 0 aliphatic heterocycles. The number of alkyl halides is 3. The minimum absolute atomic E-state index is 0.465. The van der Waals surface area contributed by atoms with Gasteiger partial charge in [-0.2, -0.15) is 13.2 Å². The van der Waals surface area contributed by atoms with E-state index in [2.05, 4.69) is 10.3 Å². The van der Waals surface area contributed by atoms with Crippen molar-refractivity contribution in [3.8, 4) is 10.4 Å². The second-order valence-electron chi connectivity index (χ2n) is 4.11. The Hall–Kier alpha value is -1.11. The van der Waals surface area contributed by atoms with Gasteiger partial charge in [-0.05, 0) is 29.8 Å². The van der Waals surface area contributed by atoms with Gasteiger partial charge in [0.05, 0.1) is 4.88 Å². The molecule has 1 heterocycles. The lowest BCUT2D eigenvalue weighted by Crippen LogP contribution is -2.12. The van der Waals surface area contributed by atoms with Crippen molar-refractivity contribution in [1.82, 2.24) is 10.3 Å². The molecule has 0 bridgehead atoms. The Kier molecular flexibility index (Phi) is 4.67. The lowest BCUT2D eigenvalue weighted by atomic mass is 10.1. The van der Waals surface area contributed by atoms with E-state index in [1.54, 1.807) is 12.1 Å². The van der Waals surface area contributed by atoms with E-state index in [9.17, 15) is 13.2 Å². The zero-order chi connectivity index (χ0) is 14.8. The first kappa shape index (κ1) is 15.3. The van der Waals surface area contributed by atoms with Gasteiger partial charge in [-0.1, -0.05) is 24.6 Å². The molecule has 0 saturated carbocycles. The number of hydrogen-bond acceptors (Lipinski definition) is 3. The fraction of sp³-hybridized carbons (Fsp3) is 0.308. The molecule has 0 saturated heterocycles. The van der Waals surface area contributed by atoms with E-state index in [1.165, 1.54) is 6.20 Å². The van der Waals surface area contributed by atoms with Crippen molar-refractivity contribution >= 4 is 22.9 Å². The third-order valence-corrected chi connectivity index (χ3v) is 3.96. The molecule has 0 unspecified atom stereocenters. The van der Waals surface area contributed by atoms with Gasteiger partial charge in [-0.25, -0.2) is 4.98 Å². The zero-order valence-corrected chi connectivity index (χ0v) is 12.2. The molecule has 20 heavy (non-hydrogen) atoms. The van der Waals surface area contributed by atoms with Crippen LogP contribution in [0.25, 0.3) is 10.4 Å². The number of thiazole rings is 1. The van der Waals surface area contributed by atoms with E-state index < -0.39 is 11.2 Å². The Bertz CT molecular complexity index is 596. The maximum Gasteiger partial charge on any atom is 0.443 e. The molecule has 1 aromatic carbocycles. The van der Waals surface area contributed by atoms with E-state index in [-0.39, 0.29) is 0 Å². The van der Waals surface area contributed by atoms with Crippen molar-refractivity contribution in [1.29, 1.82) is 0 Å². The van der Waals surface area contributed by atoms with Crippen LogP contribution in [0.1, 0.15) is 17.5 Å². The van der Waals surface area contributed by atoms with Crippen LogP contribution in [0.5, 0.6) is 0 Å². The highest BCUT2D eigenvalue weighted by Crippen LogP contribution is 2.38. The molecule has 0 spiro atoms. The van der Waals surface area contributed by atoms with Gasteiger partial charge >= 0.3 is 6.18 Å². The second-order valence-corrected chi connectivity index (χ2v) is 5.58. The molecule has 1 N–H and O–H groups in total. The van der Waals surface area contributed by atoms with Crippen molar-refractivity contribution in [3.05, 3.63) is 40.0 Å². The fourth-order valence-electron chi connectivity index (χ4n) is 1.72. The van der Waals surface area contributed by atoms with Crippen molar-refractivity contribution in [3.63, 3.8) is 0 Å². The molecule has 2 nitrogen and oxygen atoms in total. The van der Waals surface area contributed by atoms with Gasteiger partial charge in [-0.15, -0.1) is 11.3 Å². The maximum atomic E-state index is 12.6. The number of aromatic nitrogens is 1. The van der Waals surface area contributed by atoms with Crippen molar-refractivity contribution in [2.75, 3.05) is 6.54 Å². The average molecular weight is 321 g/mol. The van der Waals surface area contributed by atoms with Crippen LogP contribution in [-0.2, 0) is 12.7 Å². The number of nitrogens with one attached hydrogen (secondary N) is 1. The first-order valence-electron chi connectivity index (χ1n) is 5.94. The Labute approximate surface area is 123 Å². The average Bonchev–Trinajstić information content (AvgIpc) is 2.86. The summed E-state index contributed by atoms with van der Waals surface area (Å²) in [6, 6.07) is 5.21. The van der Waals surface area contributed by atoms with Gasteiger partial charge in [0.15, 0.2) is 5.01 Å². The van der Waals surface area contributed by atoms with E-state index >= 15 is 0 Å². The van der Waals surface area contributed by atoms with Gasteiger partial charge < -0.3 is 5.32 Å². The van der Waals surface area contributed by atoms with E-state index in [0.717, 1.165) is 12.1 Å². The highest BCUT2D eigenvalue weighted by molar-refractivity contribution is 7.15. The minimum Gasteiger partial charge on any atom is -0.313 e. The molecular formula is C13H12ClF3N2S.